The van der Waals surface area contributed by atoms with Gasteiger partial charge in [0.2, 0.25) is 0 Å². The molecule has 6 heteroatoms. The number of aryl methyl sites for hydroxylation is 2. The Balaban J connectivity index is 1.89. The van der Waals surface area contributed by atoms with Crippen molar-refractivity contribution in [1.29, 1.82) is 0 Å². The van der Waals surface area contributed by atoms with Crippen LogP contribution in [-0.4, -0.2) is 25.5 Å². The molecular weight excluding hydrogens is 452 g/mol. The van der Waals surface area contributed by atoms with Crippen LogP contribution in [-0.2, 0) is 0 Å². The molecule has 0 fully saturated rings. The Kier molecular flexibility index (Phi) is 9.92. The Bertz CT molecular complexity index is 1120. The van der Waals surface area contributed by atoms with Crippen LogP contribution in [0.2, 0.25) is 0 Å². The van der Waals surface area contributed by atoms with E-state index in [1.807, 2.05) is 62.4 Å². The van der Waals surface area contributed by atoms with Gasteiger partial charge in [-0.3, -0.25) is 9.59 Å². The molecule has 0 radical (unpaired) electrons. The van der Waals surface area contributed by atoms with Crippen molar-refractivity contribution in [3.63, 3.8) is 0 Å². The van der Waals surface area contributed by atoms with E-state index in [0.717, 1.165) is 30.4 Å². The Morgan fingerprint density at radius 3 is 1.89 bits per heavy atom. The summed E-state index contributed by atoms with van der Waals surface area (Å²) >= 11 is 0. The standard InChI is InChI=1S/C30H36N2O4/c1-5-6-7-12-19-36-27-20-23(17-18-26(27)35-4)28(31-29(33)24-15-10-8-13-21(24)2)32-30(34)25-16-11-9-14-22(25)3/h8-11,13-18,20,28H,5-7,12,19H2,1-4H3,(H,31,33)(H,32,34). The Morgan fingerprint density at radius 1 is 0.778 bits per heavy atom. The van der Waals surface area contributed by atoms with Gasteiger partial charge in [0.25, 0.3) is 11.8 Å². The molecule has 6 nitrogen and oxygen atoms in total. The highest BCUT2D eigenvalue weighted by Crippen LogP contribution is 2.30. The molecule has 3 aromatic rings. The van der Waals surface area contributed by atoms with E-state index < -0.39 is 6.17 Å². The monoisotopic (exact) mass is 488 g/mol. The first kappa shape index (κ1) is 26.8. The topological polar surface area (TPSA) is 76.7 Å². The molecule has 0 aliphatic carbocycles. The second-order valence-corrected chi connectivity index (χ2v) is 8.83. The number of carbonyl (C=O) groups is 2. The molecule has 0 unspecified atom stereocenters. The van der Waals surface area contributed by atoms with E-state index in [1.165, 1.54) is 6.42 Å². The molecule has 3 aromatic carbocycles. The molecule has 3 rings (SSSR count). The van der Waals surface area contributed by atoms with Crippen molar-refractivity contribution in [3.8, 4) is 11.5 Å². The van der Waals surface area contributed by atoms with Crippen LogP contribution >= 0.6 is 0 Å². The van der Waals surface area contributed by atoms with Gasteiger partial charge in [0.05, 0.1) is 13.7 Å². The molecule has 0 aromatic heterocycles. The molecule has 0 saturated carbocycles. The van der Waals surface area contributed by atoms with Crippen LogP contribution in [0.25, 0.3) is 0 Å². The first-order chi connectivity index (χ1) is 17.4. The van der Waals surface area contributed by atoms with Crippen molar-refractivity contribution < 1.29 is 19.1 Å². The largest absolute Gasteiger partial charge is 0.493 e. The minimum atomic E-state index is -0.780. The number of ether oxygens (including phenoxy) is 2. The molecule has 0 saturated heterocycles. The minimum absolute atomic E-state index is 0.277. The minimum Gasteiger partial charge on any atom is -0.493 e. The third-order valence-corrected chi connectivity index (χ3v) is 6.11. The lowest BCUT2D eigenvalue weighted by Crippen LogP contribution is -2.41. The zero-order valence-electron chi connectivity index (χ0n) is 21.6. The van der Waals surface area contributed by atoms with Crippen LogP contribution in [0.15, 0.2) is 66.7 Å². The summed E-state index contributed by atoms with van der Waals surface area (Å²) in [5, 5.41) is 5.98. The molecule has 0 bridgehead atoms. The van der Waals surface area contributed by atoms with Crippen LogP contribution < -0.4 is 20.1 Å². The number of carbonyl (C=O) groups excluding carboxylic acids is 2. The zero-order valence-corrected chi connectivity index (χ0v) is 21.6. The maximum Gasteiger partial charge on any atom is 0.253 e. The van der Waals surface area contributed by atoms with Gasteiger partial charge in [0.15, 0.2) is 11.5 Å². The van der Waals surface area contributed by atoms with E-state index in [0.29, 0.717) is 34.8 Å². The van der Waals surface area contributed by atoms with Crippen molar-refractivity contribution in [1.82, 2.24) is 10.6 Å². The number of methoxy groups -OCH3 is 1. The van der Waals surface area contributed by atoms with Crippen molar-refractivity contribution in [2.75, 3.05) is 13.7 Å². The molecule has 0 spiro atoms. The van der Waals surface area contributed by atoms with E-state index >= 15 is 0 Å². The predicted octanol–water partition coefficient (Wildman–Crippen LogP) is 6.13. The van der Waals surface area contributed by atoms with Crippen molar-refractivity contribution in [3.05, 3.63) is 94.5 Å². The van der Waals surface area contributed by atoms with Crippen molar-refractivity contribution in [2.45, 2.75) is 52.6 Å². The lowest BCUT2D eigenvalue weighted by molar-refractivity contribution is 0.0882. The second kappa shape index (κ2) is 13.3. The highest BCUT2D eigenvalue weighted by molar-refractivity contribution is 5.98. The van der Waals surface area contributed by atoms with E-state index in [1.54, 1.807) is 25.3 Å². The fourth-order valence-electron chi connectivity index (χ4n) is 3.97. The third-order valence-electron chi connectivity index (χ3n) is 6.11. The molecule has 190 valence electrons. The fraction of sp³-hybridized carbons (Fsp3) is 0.333. The highest BCUT2D eigenvalue weighted by atomic mass is 16.5. The highest BCUT2D eigenvalue weighted by Gasteiger charge is 2.22. The normalized spacial score (nSPS) is 10.7. The van der Waals surface area contributed by atoms with E-state index in [2.05, 4.69) is 17.6 Å². The number of amides is 2. The summed E-state index contributed by atoms with van der Waals surface area (Å²) in [5.74, 6) is 0.623. The van der Waals surface area contributed by atoms with E-state index in [-0.39, 0.29) is 11.8 Å². The average molecular weight is 489 g/mol. The summed E-state index contributed by atoms with van der Waals surface area (Å²) in [5.41, 5.74) is 3.49. The summed E-state index contributed by atoms with van der Waals surface area (Å²) in [6.07, 6.45) is 3.58. The lowest BCUT2D eigenvalue weighted by atomic mass is 10.1. The molecule has 0 aliphatic rings. The number of benzene rings is 3. The van der Waals surface area contributed by atoms with Gasteiger partial charge in [0.1, 0.15) is 6.17 Å². The van der Waals surface area contributed by atoms with Gasteiger partial charge in [-0.05, 0) is 61.2 Å². The quantitative estimate of drug-likeness (QED) is 0.238. The SMILES string of the molecule is CCCCCCOc1cc(C(NC(=O)c2ccccc2C)NC(=O)c2ccccc2C)ccc1OC. The van der Waals surface area contributed by atoms with Gasteiger partial charge in [-0.25, -0.2) is 0 Å². The van der Waals surface area contributed by atoms with Crippen molar-refractivity contribution >= 4 is 11.8 Å². The summed E-state index contributed by atoms with van der Waals surface area (Å²) < 4.78 is 11.5. The number of rotatable bonds is 12. The molecule has 2 N–H and O–H groups in total. The first-order valence-electron chi connectivity index (χ1n) is 12.5. The van der Waals surface area contributed by atoms with E-state index in [4.69, 9.17) is 9.47 Å². The van der Waals surface area contributed by atoms with Gasteiger partial charge in [-0.1, -0.05) is 68.7 Å². The molecule has 0 atom stereocenters. The van der Waals surface area contributed by atoms with Crippen LogP contribution in [0.3, 0.4) is 0 Å². The number of unbranched alkanes of at least 4 members (excludes halogenated alkanes) is 3. The van der Waals surface area contributed by atoms with Crippen LogP contribution in [0, 0.1) is 13.8 Å². The molecular formula is C30H36N2O4. The van der Waals surface area contributed by atoms with Gasteiger partial charge < -0.3 is 20.1 Å². The average Bonchev–Trinajstić information content (AvgIpc) is 2.88. The maximum absolute atomic E-state index is 13.2. The molecule has 36 heavy (non-hydrogen) atoms. The van der Waals surface area contributed by atoms with Gasteiger partial charge >= 0.3 is 0 Å². The zero-order chi connectivity index (χ0) is 25.9. The first-order valence-corrected chi connectivity index (χ1v) is 12.5. The van der Waals surface area contributed by atoms with Gasteiger partial charge in [-0.2, -0.15) is 0 Å². The Labute approximate surface area is 214 Å². The maximum atomic E-state index is 13.2. The van der Waals surface area contributed by atoms with Gasteiger partial charge in [-0.15, -0.1) is 0 Å². The second-order valence-electron chi connectivity index (χ2n) is 8.83. The molecule has 0 aliphatic heterocycles. The van der Waals surface area contributed by atoms with Crippen LogP contribution in [0.1, 0.15) is 76.2 Å². The van der Waals surface area contributed by atoms with Crippen molar-refractivity contribution in [2.24, 2.45) is 0 Å². The van der Waals surface area contributed by atoms with Crippen LogP contribution in [0.4, 0.5) is 0 Å². The fourth-order valence-corrected chi connectivity index (χ4v) is 3.97. The number of hydrogen-bond acceptors (Lipinski definition) is 4. The molecule has 2 amide bonds. The Hall–Kier alpha value is -3.80. The molecule has 0 heterocycles. The summed E-state index contributed by atoms with van der Waals surface area (Å²) in [4.78, 5) is 26.4. The van der Waals surface area contributed by atoms with E-state index in [9.17, 15) is 9.59 Å². The summed E-state index contributed by atoms with van der Waals surface area (Å²) in [7, 11) is 1.59. The summed E-state index contributed by atoms with van der Waals surface area (Å²) in [6.45, 7) is 6.50. The van der Waals surface area contributed by atoms with Crippen LogP contribution in [0.5, 0.6) is 11.5 Å². The number of nitrogens with one attached hydrogen (secondary N) is 2. The lowest BCUT2D eigenvalue weighted by Gasteiger charge is -2.23. The number of hydrogen-bond donors (Lipinski definition) is 2. The third kappa shape index (κ3) is 7.11. The smallest absolute Gasteiger partial charge is 0.253 e. The Morgan fingerprint density at radius 2 is 1.36 bits per heavy atom. The van der Waals surface area contributed by atoms with Gasteiger partial charge in [0, 0.05) is 11.1 Å². The predicted molar refractivity (Wildman–Crippen MR) is 143 cm³/mol. The summed E-state index contributed by atoms with van der Waals surface area (Å²) in [6, 6.07) is 20.2.